The lowest BCUT2D eigenvalue weighted by Gasteiger charge is -2.08. The van der Waals surface area contributed by atoms with Crippen LogP contribution >= 0.6 is 0 Å². The van der Waals surface area contributed by atoms with E-state index in [9.17, 15) is 19.5 Å². The van der Waals surface area contributed by atoms with E-state index >= 15 is 0 Å². The fraction of sp³-hybridized carbons (Fsp3) is 0.190. The molecular formula is C21H21NO6. The highest BCUT2D eigenvalue weighted by molar-refractivity contribution is 6.09. The van der Waals surface area contributed by atoms with E-state index in [1.54, 1.807) is 31.2 Å². The number of carboxylic acid groups (broad SMARTS) is 1. The number of aliphatic carboxylic acids is 1. The minimum Gasteiger partial charge on any atom is -0.494 e. The third-order valence-electron chi connectivity index (χ3n) is 3.63. The topological polar surface area (TPSA) is 102 Å². The van der Waals surface area contributed by atoms with E-state index in [1.807, 2.05) is 6.92 Å². The van der Waals surface area contributed by atoms with Crippen molar-refractivity contribution in [2.75, 3.05) is 18.5 Å². The summed E-state index contributed by atoms with van der Waals surface area (Å²) in [5.41, 5.74) is 0.810. The number of hydrogen-bond acceptors (Lipinski definition) is 6. The second kappa shape index (κ2) is 9.91. The molecule has 0 bridgehead atoms. The van der Waals surface area contributed by atoms with Crippen LogP contribution in [0, 0.1) is 0 Å². The van der Waals surface area contributed by atoms with Gasteiger partial charge in [0, 0.05) is 17.3 Å². The average Bonchev–Trinajstić information content (AvgIpc) is 2.69. The predicted octanol–water partition coefficient (Wildman–Crippen LogP) is 3.53. The van der Waals surface area contributed by atoms with Gasteiger partial charge in [0.25, 0.3) is 0 Å². The van der Waals surface area contributed by atoms with Gasteiger partial charge in [0.05, 0.1) is 18.8 Å². The molecule has 2 rings (SSSR count). The third kappa shape index (κ3) is 5.70. The zero-order valence-electron chi connectivity index (χ0n) is 15.6. The molecule has 2 N–H and O–H groups in total. The number of rotatable bonds is 9. The Morgan fingerprint density at radius 3 is 2.07 bits per heavy atom. The van der Waals surface area contributed by atoms with Crippen LogP contribution in [0.1, 0.15) is 34.6 Å². The summed E-state index contributed by atoms with van der Waals surface area (Å²) in [4.78, 5) is 35.5. The molecule has 7 nitrogen and oxygen atoms in total. The Labute approximate surface area is 162 Å². The minimum absolute atomic E-state index is 0.262. The van der Waals surface area contributed by atoms with Gasteiger partial charge in [0.1, 0.15) is 11.4 Å². The van der Waals surface area contributed by atoms with Gasteiger partial charge in [-0.3, -0.25) is 4.79 Å². The van der Waals surface area contributed by atoms with Gasteiger partial charge < -0.3 is 19.9 Å². The van der Waals surface area contributed by atoms with Crippen LogP contribution in [0.3, 0.4) is 0 Å². The Kier molecular flexibility index (Phi) is 7.33. The van der Waals surface area contributed by atoms with Crippen molar-refractivity contribution in [2.45, 2.75) is 13.8 Å². The highest BCUT2D eigenvalue weighted by atomic mass is 16.5. The number of ketones is 1. The van der Waals surface area contributed by atoms with E-state index in [1.165, 1.54) is 24.3 Å². The predicted molar refractivity (Wildman–Crippen MR) is 104 cm³/mol. The number of allylic oxidation sites excluding steroid dienone is 1. The summed E-state index contributed by atoms with van der Waals surface area (Å²) < 4.78 is 10.2. The Bertz CT molecular complexity index is 869. The number of carboxylic acids is 1. The molecule has 146 valence electrons. The fourth-order valence-corrected chi connectivity index (χ4v) is 2.31. The van der Waals surface area contributed by atoms with Crippen LogP contribution < -0.4 is 10.1 Å². The first-order valence-electron chi connectivity index (χ1n) is 8.71. The fourth-order valence-electron chi connectivity index (χ4n) is 2.31. The van der Waals surface area contributed by atoms with Gasteiger partial charge in [0.2, 0.25) is 0 Å². The molecule has 2 aromatic rings. The number of benzene rings is 2. The zero-order valence-corrected chi connectivity index (χ0v) is 15.6. The van der Waals surface area contributed by atoms with Gasteiger partial charge in [-0.15, -0.1) is 0 Å². The van der Waals surface area contributed by atoms with Gasteiger partial charge in [-0.1, -0.05) is 0 Å². The van der Waals surface area contributed by atoms with Gasteiger partial charge >= 0.3 is 11.9 Å². The van der Waals surface area contributed by atoms with Crippen molar-refractivity contribution in [1.82, 2.24) is 0 Å². The molecule has 0 aromatic heterocycles. The smallest absolute Gasteiger partial charge is 0.352 e. The second-order valence-electron chi connectivity index (χ2n) is 5.61. The normalized spacial score (nSPS) is 10.9. The van der Waals surface area contributed by atoms with Crippen LogP contribution in [-0.4, -0.2) is 36.0 Å². The van der Waals surface area contributed by atoms with E-state index in [2.05, 4.69) is 5.32 Å². The molecule has 0 aliphatic carbocycles. The van der Waals surface area contributed by atoms with Crippen LogP contribution in [0.15, 0.2) is 60.3 Å². The van der Waals surface area contributed by atoms with E-state index in [4.69, 9.17) is 9.47 Å². The molecule has 0 saturated carbocycles. The van der Waals surface area contributed by atoms with Crippen LogP contribution in [0.5, 0.6) is 5.75 Å². The van der Waals surface area contributed by atoms with Crippen molar-refractivity contribution < 1.29 is 29.0 Å². The first-order valence-corrected chi connectivity index (χ1v) is 8.71. The largest absolute Gasteiger partial charge is 0.494 e. The standard InChI is InChI=1S/C21H21NO6/c1-3-27-17-11-7-14(8-12-17)19(23)13-18(20(24)25)22-16-9-5-15(6-10-16)21(26)28-4-2/h5-13,22H,3-4H2,1-2H3,(H,24,25). The van der Waals surface area contributed by atoms with Gasteiger partial charge in [-0.25, -0.2) is 9.59 Å². The Balaban J connectivity index is 2.14. The quantitative estimate of drug-likeness (QED) is 0.388. The molecule has 0 atom stereocenters. The summed E-state index contributed by atoms with van der Waals surface area (Å²) in [6.45, 7) is 4.33. The molecule has 0 saturated heterocycles. The summed E-state index contributed by atoms with van der Waals surface area (Å²) >= 11 is 0. The van der Waals surface area contributed by atoms with Gasteiger partial charge in [-0.2, -0.15) is 0 Å². The van der Waals surface area contributed by atoms with Crippen LogP contribution in [0.2, 0.25) is 0 Å². The van der Waals surface area contributed by atoms with Crippen molar-refractivity contribution in [2.24, 2.45) is 0 Å². The highest BCUT2D eigenvalue weighted by Crippen LogP contribution is 2.16. The lowest BCUT2D eigenvalue weighted by atomic mass is 10.1. The molecule has 0 heterocycles. The van der Waals surface area contributed by atoms with Crippen molar-refractivity contribution in [1.29, 1.82) is 0 Å². The van der Waals surface area contributed by atoms with Gasteiger partial charge in [0.15, 0.2) is 5.78 Å². The first-order chi connectivity index (χ1) is 13.4. The van der Waals surface area contributed by atoms with Crippen molar-refractivity contribution in [3.8, 4) is 5.75 Å². The Morgan fingerprint density at radius 1 is 0.929 bits per heavy atom. The van der Waals surface area contributed by atoms with E-state index in [-0.39, 0.29) is 12.3 Å². The van der Waals surface area contributed by atoms with Crippen molar-refractivity contribution in [3.05, 3.63) is 71.4 Å². The maximum absolute atomic E-state index is 12.4. The summed E-state index contributed by atoms with van der Waals surface area (Å²) in [5.74, 6) is -1.58. The molecule has 0 aliphatic rings. The molecule has 0 amide bonds. The lowest BCUT2D eigenvalue weighted by Crippen LogP contribution is -2.13. The zero-order chi connectivity index (χ0) is 20.5. The third-order valence-corrected chi connectivity index (χ3v) is 3.63. The van der Waals surface area contributed by atoms with Crippen molar-refractivity contribution in [3.63, 3.8) is 0 Å². The number of anilines is 1. The number of esters is 1. The van der Waals surface area contributed by atoms with Crippen LogP contribution in [0.25, 0.3) is 0 Å². The summed E-state index contributed by atoms with van der Waals surface area (Å²) in [6.07, 6.45) is 1.01. The Hall–Kier alpha value is -3.61. The maximum atomic E-state index is 12.4. The van der Waals surface area contributed by atoms with Crippen LogP contribution in [-0.2, 0) is 9.53 Å². The lowest BCUT2D eigenvalue weighted by molar-refractivity contribution is -0.132. The molecule has 0 spiro atoms. The molecule has 7 heteroatoms. The number of carbonyl (C=O) groups is 3. The average molecular weight is 383 g/mol. The summed E-state index contributed by atoms with van der Waals surface area (Å²) in [6, 6.07) is 12.5. The molecule has 2 aromatic carbocycles. The SMILES string of the molecule is CCOC(=O)c1ccc(NC(=CC(=O)c2ccc(OCC)cc2)C(=O)O)cc1. The highest BCUT2D eigenvalue weighted by Gasteiger charge is 2.13. The molecule has 0 fully saturated rings. The summed E-state index contributed by atoms with van der Waals surface area (Å²) in [5, 5.41) is 12.1. The molecule has 0 radical (unpaired) electrons. The summed E-state index contributed by atoms with van der Waals surface area (Å²) in [7, 11) is 0. The molecular weight excluding hydrogens is 362 g/mol. The van der Waals surface area contributed by atoms with E-state index < -0.39 is 17.7 Å². The number of nitrogens with one attached hydrogen (secondary N) is 1. The molecule has 0 unspecified atom stereocenters. The molecule has 0 aliphatic heterocycles. The van der Waals surface area contributed by atoms with E-state index in [0.29, 0.717) is 29.2 Å². The number of hydrogen-bond donors (Lipinski definition) is 2. The maximum Gasteiger partial charge on any atom is 0.352 e. The second-order valence-corrected chi connectivity index (χ2v) is 5.61. The Morgan fingerprint density at radius 2 is 1.54 bits per heavy atom. The van der Waals surface area contributed by atoms with Crippen LogP contribution in [0.4, 0.5) is 5.69 Å². The minimum atomic E-state index is -1.28. The number of ether oxygens (including phenoxy) is 2. The first kappa shape index (κ1) is 20.7. The number of carbonyl (C=O) groups excluding carboxylic acids is 2. The van der Waals surface area contributed by atoms with Gasteiger partial charge in [-0.05, 0) is 62.4 Å². The monoisotopic (exact) mass is 383 g/mol. The molecule has 28 heavy (non-hydrogen) atoms. The van der Waals surface area contributed by atoms with Crippen molar-refractivity contribution >= 4 is 23.4 Å². The van der Waals surface area contributed by atoms with E-state index in [0.717, 1.165) is 6.08 Å².